The molecule has 1 saturated heterocycles. The van der Waals surface area contributed by atoms with Gasteiger partial charge in [0, 0.05) is 16.7 Å². The molecule has 0 spiro atoms. The Hall–Kier alpha value is -0.620. The lowest BCUT2D eigenvalue weighted by Crippen LogP contribution is -2.40. The highest BCUT2D eigenvalue weighted by Gasteiger charge is 2.22. The average molecular weight is 400 g/mol. The van der Waals surface area contributed by atoms with Crippen molar-refractivity contribution in [3.63, 3.8) is 0 Å². The molecule has 116 valence electrons. The van der Waals surface area contributed by atoms with Gasteiger partial charge >= 0.3 is 0 Å². The van der Waals surface area contributed by atoms with E-state index in [0.717, 1.165) is 41.7 Å². The number of piperidine rings is 1. The van der Waals surface area contributed by atoms with Gasteiger partial charge < -0.3 is 10.2 Å². The first kappa shape index (κ1) is 16.7. The van der Waals surface area contributed by atoms with E-state index in [4.69, 9.17) is 0 Å². The molecule has 1 amide bonds. The summed E-state index contributed by atoms with van der Waals surface area (Å²) in [6, 6.07) is 6.01. The summed E-state index contributed by atoms with van der Waals surface area (Å²) in [4.78, 5) is 14.9. The van der Waals surface area contributed by atoms with Gasteiger partial charge in [-0.3, -0.25) is 4.79 Å². The maximum atomic E-state index is 12.9. The Morgan fingerprint density at radius 3 is 2.76 bits per heavy atom. The van der Waals surface area contributed by atoms with Crippen molar-refractivity contribution in [2.24, 2.45) is 5.92 Å². The molecule has 0 radical (unpaired) electrons. The van der Waals surface area contributed by atoms with Gasteiger partial charge in [-0.1, -0.05) is 19.1 Å². The van der Waals surface area contributed by atoms with Crippen LogP contribution in [0.3, 0.4) is 0 Å². The minimum absolute atomic E-state index is 0.198. The number of amides is 1. The Morgan fingerprint density at radius 1 is 1.38 bits per heavy atom. The van der Waals surface area contributed by atoms with Crippen LogP contribution in [-0.4, -0.2) is 37.0 Å². The summed E-state index contributed by atoms with van der Waals surface area (Å²) in [5.74, 6) is 0.840. The first-order valence-electron chi connectivity index (χ1n) is 7.88. The van der Waals surface area contributed by atoms with E-state index in [1.54, 1.807) is 0 Å². The number of carbonyl (C=O) groups excluding carboxylic acids is 1. The largest absolute Gasteiger partial charge is 0.338 e. The van der Waals surface area contributed by atoms with E-state index in [9.17, 15) is 4.79 Å². The molecule has 1 fully saturated rings. The Balaban J connectivity index is 2.12. The zero-order valence-electron chi connectivity index (χ0n) is 13.0. The zero-order valence-corrected chi connectivity index (χ0v) is 15.2. The molecular weight excluding hydrogens is 375 g/mol. The van der Waals surface area contributed by atoms with E-state index in [1.165, 1.54) is 18.4 Å². The van der Waals surface area contributed by atoms with Crippen LogP contribution >= 0.6 is 22.6 Å². The van der Waals surface area contributed by atoms with Crippen LogP contribution in [0, 0.1) is 16.4 Å². The van der Waals surface area contributed by atoms with Crippen LogP contribution in [0.4, 0.5) is 0 Å². The molecule has 1 aromatic carbocycles. The lowest BCUT2D eigenvalue weighted by Gasteiger charge is -2.30. The quantitative estimate of drug-likeness (QED) is 0.768. The van der Waals surface area contributed by atoms with Crippen LogP contribution in [0.1, 0.15) is 42.1 Å². The molecule has 0 unspecified atom stereocenters. The minimum Gasteiger partial charge on any atom is -0.338 e. The predicted molar refractivity (Wildman–Crippen MR) is 95.7 cm³/mol. The molecule has 0 aromatic heterocycles. The van der Waals surface area contributed by atoms with Crippen molar-refractivity contribution >= 4 is 28.5 Å². The van der Waals surface area contributed by atoms with Gasteiger partial charge in [-0.05, 0) is 79.4 Å². The number of hydrogen-bond donors (Lipinski definition) is 1. The lowest BCUT2D eigenvalue weighted by molar-refractivity contribution is 0.0715. The highest BCUT2D eigenvalue weighted by Crippen LogP contribution is 2.21. The first-order chi connectivity index (χ1) is 10.1. The summed E-state index contributed by atoms with van der Waals surface area (Å²) >= 11 is 2.30. The molecule has 1 heterocycles. The number of benzene rings is 1. The Morgan fingerprint density at radius 2 is 2.10 bits per heavy atom. The van der Waals surface area contributed by atoms with Crippen LogP contribution in [0.15, 0.2) is 18.2 Å². The molecule has 0 aliphatic carbocycles. The van der Waals surface area contributed by atoms with E-state index in [2.05, 4.69) is 52.7 Å². The summed E-state index contributed by atoms with van der Waals surface area (Å²) in [5.41, 5.74) is 2.04. The summed E-state index contributed by atoms with van der Waals surface area (Å²) in [6.07, 6.45) is 3.37. The molecule has 0 bridgehead atoms. The smallest absolute Gasteiger partial charge is 0.254 e. The van der Waals surface area contributed by atoms with E-state index in [1.807, 2.05) is 12.1 Å². The van der Waals surface area contributed by atoms with Crippen molar-refractivity contribution < 1.29 is 4.79 Å². The second-order valence-electron chi connectivity index (χ2n) is 5.88. The molecular formula is C17H25IN2O. The number of halogens is 1. The van der Waals surface area contributed by atoms with Gasteiger partial charge in [-0.2, -0.15) is 0 Å². The summed E-state index contributed by atoms with van der Waals surface area (Å²) in [6.45, 7) is 8.13. The fraction of sp³-hybridized carbons (Fsp3) is 0.588. The average Bonchev–Trinajstić information content (AvgIpc) is 2.50. The molecule has 1 aromatic rings. The minimum atomic E-state index is 0.198. The summed E-state index contributed by atoms with van der Waals surface area (Å²) in [5, 5.41) is 3.39. The highest BCUT2D eigenvalue weighted by atomic mass is 127. The highest BCUT2D eigenvalue weighted by molar-refractivity contribution is 14.1. The number of nitrogens with one attached hydrogen (secondary N) is 1. The molecule has 1 aliphatic heterocycles. The zero-order chi connectivity index (χ0) is 15.2. The van der Waals surface area contributed by atoms with Crippen LogP contribution in [0.25, 0.3) is 0 Å². The standard InChI is InChI=1S/C17H25IN2O/c1-3-11-20(12-14-7-9-19-10-8-14)17(21)15-6-4-5-13(2)16(15)18/h4-6,14,19H,3,7-12H2,1-2H3. The molecule has 21 heavy (non-hydrogen) atoms. The third-order valence-corrected chi connectivity index (χ3v) is 5.57. The van der Waals surface area contributed by atoms with Crippen molar-refractivity contribution in [3.8, 4) is 0 Å². The topological polar surface area (TPSA) is 32.3 Å². The third kappa shape index (κ3) is 4.42. The third-order valence-electron chi connectivity index (χ3n) is 4.14. The molecule has 0 atom stereocenters. The SMILES string of the molecule is CCCN(CC1CCNCC1)C(=O)c1cccc(C)c1I. The van der Waals surface area contributed by atoms with E-state index in [0.29, 0.717) is 5.92 Å². The molecule has 1 aliphatic rings. The molecule has 1 N–H and O–H groups in total. The second kappa shape index (κ2) is 8.13. The van der Waals surface area contributed by atoms with Crippen molar-refractivity contribution in [1.29, 1.82) is 0 Å². The second-order valence-corrected chi connectivity index (χ2v) is 6.96. The summed E-state index contributed by atoms with van der Waals surface area (Å²) in [7, 11) is 0. The van der Waals surface area contributed by atoms with Gasteiger partial charge in [0.05, 0.1) is 5.56 Å². The Labute approximate surface area is 141 Å². The van der Waals surface area contributed by atoms with E-state index < -0.39 is 0 Å². The number of rotatable bonds is 5. The van der Waals surface area contributed by atoms with Crippen LogP contribution < -0.4 is 5.32 Å². The van der Waals surface area contributed by atoms with Gasteiger partial charge in [0.2, 0.25) is 0 Å². The maximum Gasteiger partial charge on any atom is 0.254 e. The Bertz CT molecular complexity index is 484. The van der Waals surface area contributed by atoms with E-state index >= 15 is 0 Å². The number of aryl methyl sites for hydroxylation is 1. The van der Waals surface area contributed by atoms with Crippen LogP contribution in [0.2, 0.25) is 0 Å². The first-order valence-corrected chi connectivity index (χ1v) is 8.96. The van der Waals surface area contributed by atoms with Crippen molar-refractivity contribution in [2.75, 3.05) is 26.2 Å². The molecule has 0 saturated carbocycles. The lowest BCUT2D eigenvalue weighted by atomic mass is 9.97. The fourth-order valence-corrected chi connectivity index (χ4v) is 3.49. The van der Waals surface area contributed by atoms with Gasteiger partial charge in [-0.25, -0.2) is 0 Å². The number of nitrogens with zero attached hydrogens (tertiary/aromatic N) is 1. The fourth-order valence-electron chi connectivity index (χ4n) is 2.90. The Kier molecular flexibility index (Phi) is 6.48. The molecule has 3 nitrogen and oxygen atoms in total. The van der Waals surface area contributed by atoms with Crippen LogP contribution in [0.5, 0.6) is 0 Å². The molecule has 4 heteroatoms. The predicted octanol–water partition coefficient (Wildman–Crippen LogP) is 3.45. The maximum absolute atomic E-state index is 12.9. The monoisotopic (exact) mass is 400 g/mol. The molecule has 2 rings (SSSR count). The summed E-state index contributed by atoms with van der Waals surface area (Å²) < 4.78 is 1.09. The van der Waals surface area contributed by atoms with Gasteiger partial charge in [0.15, 0.2) is 0 Å². The van der Waals surface area contributed by atoms with Crippen molar-refractivity contribution in [3.05, 3.63) is 32.9 Å². The van der Waals surface area contributed by atoms with Gasteiger partial charge in [-0.15, -0.1) is 0 Å². The van der Waals surface area contributed by atoms with Gasteiger partial charge in [0.25, 0.3) is 5.91 Å². The van der Waals surface area contributed by atoms with Crippen molar-refractivity contribution in [1.82, 2.24) is 10.2 Å². The van der Waals surface area contributed by atoms with Crippen LogP contribution in [-0.2, 0) is 0 Å². The van der Waals surface area contributed by atoms with Crippen molar-refractivity contribution in [2.45, 2.75) is 33.1 Å². The normalized spacial score (nSPS) is 16.0. The number of hydrogen-bond acceptors (Lipinski definition) is 2. The van der Waals surface area contributed by atoms with Gasteiger partial charge in [0.1, 0.15) is 0 Å². The number of carbonyl (C=O) groups is 1. The van der Waals surface area contributed by atoms with E-state index in [-0.39, 0.29) is 5.91 Å².